The van der Waals surface area contributed by atoms with E-state index in [0.29, 0.717) is 0 Å². The topological polar surface area (TPSA) is 556 Å². The zero-order valence-electron chi connectivity index (χ0n) is 38.6. The van der Waals surface area contributed by atoms with Gasteiger partial charge in [0.15, 0.2) is 41.4 Å². The standard InChI is InChI=1S/C33H44N16O23P4/c1-45-5-33(6-66-75(60,61)72-76(62,63)71-74(58,59)65-4-12-18(51)20(53)30(68-12)49-10-46(2)16-25(49)42-32(36)44-27(16)55)21(15(45)28(69-33)47-8-39-13-22(34)37-7-38-23(13)47)70-73(56,57)64-3-11-17(50)19(52)29(67-11)48-9-40-14-24(48)41-31(35)43-26(14)54/h7-12,15,17-21,28-30,50-53H,3-6H2,1-2H3,(H11-,34,35,36,37,38,41,42,43,44,54,55,56,57,58,59,60,61,62,63)/p+1/t11-,12-,15+,17?,18+,19+,20?,21?,28-,29-,30-,33-/m1/s1. The highest BCUT2D eigenvalue weighted by atomic mass is 31.3. The van der Waals surface area contributed by atoms with Gasteiger partial charge in [0.05, 0.1) is 45.6 Å². The maximum atomic E-state index is 13.9. The third-order valence-electron chi connectivity index (χ3n) is 12.6. The van der Waals surface area contributed by atoms with Gasteiger partial charge in [0, 0.05) is 6.54 Å². The first-order valence-corrected chi connectivity index (χ1v) is 27.7. The molecule has 4 saturated heterocycles. The number of nitrogen functional groups attached to an aromatic ring is 3. The highest BCUT2D eigenvalue weighted by molar-refractivity contribution is 7.66. The molecule has 16 atom stereocenters. The number of nitrogens with zero attached hydrogens (tertiary/aromatic N) is 11. The first kappa shape index (κ1) is 54.2. The van der Waals surface area contributed by atoms with Gasteiger partial charge in [-0.1, -0.05) is 4.98 Å². The first-order valence-electron chi connectivity index (χ1n) is 21.8. The Balaban J connectivity index is 0.821. The number of aromatic nitrogens is 12. The summed E-state index contributed by atoms with van der Waals surface area (Å²) in [6.07, 6.45) is -11.9. The predicted octanol–water partition coefficient (Wildman–Crippen LogP) is -5.04. The van der Waals surface area contributed by atoms with Gasteiger partial charge in [0.2, 0.25) is 17.7 Å². The lowest BCUT2D eigenvalue weighted by atomic mass is 10.0. The number of phosphoric acid groups is 4. The highest BCUT2D eigenvalue weighted by Gasteiger charge is 2.67. The summed E-state index contributed by atoms with van der Waals surface area (Å²) in [7, 11) is -20.5. The van der Waals surface area contributed by atoms with Crippen LogP contribution in [0.25, 0.3) is 33.5 Å². The second kappa shape index (κ2) is 19.3. The molecular weight excluding hydrogens is 1110 g/mol. The summed E-state index contributed by atoms with van der Waals surface area (Å²) in [6.45, 7) is -3.66. The number of aryl methyl sites for hydroxylation is 1. The van der Waals surface area contributed by atoms with Crippen molar-refractivity contribution in [1.29, 1.82) is 0 Å². The van der Waals surface area contributed by atoms with Gasteiger partial charge < -0.3 is 71.4 Å². The molecule has 0 spiro atoms. The quantitative estimate of drug-likeness (QED) is 0.0283. The Labute approximate surface area is 420 Å². The third-order valence-corrected chi connectivity index (χ3v) is 17.8. The van der Waals surface area contributed by atoms with Gasteiger partial charge in [-0.05, 0) is 7.05 Å². The number of nitrogens with one attached hydrogen (secondary N) is 2. The fourth-order valence-electron chi connectivity index (χ4n) is 9.34. The number of likely N-dealkylation sites (N-methyl/N-ethyl adjacent to an activating group) is 1. The van der Waals surface area contributed by atoms with Gasteiger partial charge in [-0.25, -0.2) is 42.8 Å². The number of morpholine rings is 1. The number of aliphatic hydroxyl groups is 4. The van der Waals surface area contributed by atoms with E-state index in [1.54, 1.807) is 0 Å². The number of likely N-dealkylation sites (tertiary alicyclic amines) is 1. The van der Waals surface area contributed by atoms with Crippen LogP contribution < -0.4 is 32.9 Å². The van der Waals surface area contributed by atoms with Crippen molar-refractivity contribution in [2.45, 2.75) is 73.1 Å². The molecule has 76 heavy (non-hydrogen) atoms. The van der Waals surface area contributed by atoms with E-state index >= 15 is 0 Å². The average molecular weight is 1160 g/mol. The van der Waals surface area contributed by atoms with Crippen LogP contribution in [0.4, 0.5) is 17.7 Å². The normalized spacial score (nSPS) is 32.1. The SMILES string of the molecule is CN1C[C@]2(COP(=O)(O)OP(=O)(O)OP(=O)(O)OC[C@H]3O[C@@H]([n+]4cn(C)c5c(=O)[nH]c(N)nc54)C(O)[C@H]3O)O[C@@H](n3cnc4c(N)ncnc43)[C@@H]1C2OP(=O)(O)OC[C@H]1O[C@@H](n2cnc3c(=O)[nH]c(N)nc32)[C@@H](O)C1O. The molecule has 10 heterocycles. The van der Waals surface area contributed by atoms with E-state index in [9.17, 15) is 67.8 Å². The Morgan fingerprint density at radius 2 is 1.34 bits per heavy atom. The molecule has 16 N–H and O–H groups in total. The predicted molar refractivity (Wildman–Crippen MR) is 244 cm³/mol. The molecule has 39 nitrogen and oxygen atoms in total. The van der Waals surface area contributed by atoms with Crippen molar-refractivity contribution in [2.24, 2.45) is 7.05 Å². The fraction of sp³-hybridized carbons (Fsp3) is 0.545. The summed E-state index contributed by atoms with van der Waals surface area (Å²) in [6, 6.07) is -1.17. The minimum Gasteiger partial charge on any atom is -0.387 e. The molecule has 4 fully saturated rings. The fourth-order valence-corrected chi connectivity index (χ4v) is 13.9. The van der Waals surface area contributed by atoms with Crippen LogP contribution in [0, 0.1) is 0 Å². The van der Waals surface area contributed by atoms with Gasteiger partial charge in [-0.3, -0.25) is 56.3 Å². The van der Waals surface area contributed by atoms with Crippen LogP contribution in [-0.2, 0) is 66.2 Å². The lowest BCUT2D eigenvalue weighted by Crippen LogP contribution is -2.47. The van der Waals surface area contributed by atoms with Crippen molar-refractivity contribution in [2.75, 3.05) is 50.6 Å². The molecule has 0 amide bonds. The van der Waals surface area contributed by atoms with Crippen LogP contribution >= 0.6 is 31.3 Å². The minimum atomic E-state index is -6.20. The van der Waals surface area contributed by atoms with Crippen LogP contribution in [0.15, 0.2) is 34.9 Å². The van der Waals surface area contributed by atoms with E-state index in [1.807, 2.05) is 0 Å². The molecule has 0 radical (unpaired) electrons. The van der Waals surface area contributed by atoms with Gasteiger partial charge >= 0.3 is 36.9 Å². The Bertz CT molecular complexity index is 3580. The zero-order valence-corrected chi connectivity index (χ0v) is 42.2. The summed E-state index contributed by atoms with van der Waals surface area (Å²) < 4.78 is 105. The number of anilines is 3. The Hall–Kier alpha value is -5.15. The van der Waals surface area contributed by atoms with Gasteiger partial charge in [0.25, 0.3) is 17.1 Å². The molecule has 4 aliphatic rings. The van der Waals surface area contributed by atoms with Gasteiger partial charge in [-0.2, -0.15) is 13.6 Å². The number of H-pyrrole nitrogens is 2. The number of hydrogen-bond donors (Lipinski definition) is 13. The molecule has 6 aromatic heterocycles. The van der Waals surface area contributed by atoms with Gasteiger partial charge in [0.1, 0.15) is 60.2 Å². The monoisotopic (exact) mass is 1160 g/mol. The van der Waals surface area contributed by atoms with E-state index in [2.05, 4.69) is 48.5 Å². The molecule has 4 aliphatic heterocycles. The van der Waals surface area contributed by atoms with Crippen molar-refractivity contribution in [3.05, 3.63) is 46.0 Å². The number of nitrogens with two attached hydrogens (primary N) is 3. The molecule has 43 heteroatoms. The van der Waals surface area contributed by atoms with Gasteiger partial charge in [-0.15, -0.1) is 0 Å². The number of rotatable bonds is 18. The van der Waals surface area contributed by atoms with Crippen LogP contribution in [0.3, 0.4) is 0 Å². The molecule has 0 aliphatic carbocycles. The number of ether oxygens (including phenoxy) is 3. The second-order valence-electron chi connectivity index (χ2n) is 17.6. The summed E-state index contributed by atoms with van der Waals surface area (Å²) >= 11 is 0. The number of aliphatic hydroxyl groups excluding tert-OH is 4. The van der Waals surface area contributed by atoms with E-state index in [-0.39, 0.29) is 57.8 Å². The third kappa shape index (κ3) is 9.91. The van der Waals surface area contributed by atoms with Crippen LogP contribution in [0.1, 0.15) is 18.7 Å². The van der Waals surface area contributed by atoms with E-state index in [4.69, 9.17) is 49.5 Å². The first-order chi connectivity index (χ1) is 35.6. The zero-order chi connectivity index (χ0) is 54.8. The molecule has 0 saturated carbocycles. The highest BCUT2D eigenvalue weighted by Crippen LogP contribution is 2.68. The Morgan fingerprint density at radius 3 is 2.05 bits per heavy atom. The summed E-state index contributed by atoms with van der Waals surface area (Å²) in [5, 5.41) is 43.3. The number of aromatic amines is 2. The molecule has 6 aromatic rings. The van der Waals surface area contributed by atoms with E-state index in [0.717, 1.165) is 21.8 Å². The molecule has 414 valence electrons. The van der Waals surface area contributed by atoms with Crippen molar-refractivity contribution in [1.82, 2.24) is 58.5 Å². The Morgan fingerprint density at radius 1 is 0.737 bits per heavy atom. The van der Waals surface area contributed by atoms with Crippen LogP contribution in [0.5, 0.6) is 0 Å². The summed E-state index contributed by atoms with van der Waals surface area (Å²) in [5.74, 6) is -0.668. The maximum Gasteiger partial charge on any atom is 0.490 e. The lowest BCUT2D eigenvalue weighted by Gasteiger charge is -2.35. The molecular formula is C33H45N16O23P4+. The number of fused-ring (bicyclic) bond motifs is 5. The van der Waals surface area contributed by atoms with Crippen molar-refractivity contribution >= 4 is 82.5 Å². The van der Waals surface area contributed by atoms with E-state index in [1.165, 1.54) is 40.8 Å². The summed E-state index contributed by atoms with van der Waals surface area (Å²) in [4.78, 5) is 97.9. The lowest BCUT2D eigenvalue weighted by molar-refractivity contribution is -0.745. The summed E-state index contributed by atoms with van der Waals surface area (Å²) in [5.41, 5.74) is 13.5. The number of imidazole rings is 3. The van der Waals surface area contributed by atoms with Crippen LogP contribution in [-0.4, -0.2) is 186 Å². The second-order valence-corrected chi connectivity index (χ2v) is 23.7. The van der Waals surface area contributed by atoms with Crippen LogP contribution in [0.2, 0.25) is 0 Å². The number of hydrogen-bond acceptors (Lipinski definition) is 29. The molecule has 0 aromatic carbocycles. The smallest absolute Gasteiger partial charge is 0.387 e. The number of phosphoric ester groups is 3. The largest absolute Gasteiger partial charge is 0.490 e. The Kier molecular flexibility index (Phi) is 13.8. The molecule has 7 unspecified atom stereocenters. The maximum absolute atomic E-state index is 13.9. The van der Waals surface area contributed by atoms with E-state index < -0.39 is 135 Å². The molecule has 10 rings (SSSR count). The van der Waals surface area contributed by atoms with Crippen molar-refractivity contribution in [3.8, 4) is 0 Å². The van der Waals surface area contributed by atoms with Crippen molar-refractivity contribution < 1.29 is 104 Å². The van der Waals surface area contributed by atoms with Crippen molar-refractivity contribution in [3.63, 3.8) is 0 Å². The average Bonchev–Trinajstić information content (AvgIpc) is 4.26. The minimum absolute atomic E-state index is 0.0193. The molecule has 2 bridgehead atoms.